The van der Waals surface area contributed by atoms with Crippen LogP contribution < -0.4 is 0 Å². The molecule has 20 heavy (non-hydrogen) atoms. The Morgan fingerprint density at radius 1 is 1.25 bits per heavy atom. The molecular formula is C15H24N4O. The van der Waals surface area contributed by atoms with Gasteiger partial charge in [0, 0.05) is 31.4 Å². The van der Waals surface area contributed by atoms with E-state index in [2.05, 4.69) is 15.1 Å². The minimum absolute atomic E-state index is 0.0707. The van der Waals surface area contributed by atoms with Crippen molar-refractivity contribution in [2.45, 2.75) is 38.5 Å². The van der Waals surface area contributed by atoms with Crippen molar-refractivity contribution in [2.75, 3.05) is 33.2 Å². The van der Waals surface area contributed by atoms with Crippen LogP contribution in [0.4, 0.5) is 0 Å². The molecule has 0 spiro atoms. The highest BCUT2D eigenvalue weighted by Crippen LogP contribution is 2.23. The van der Waals surface area contributed by atoms with Crippen LogP contribution in [0.5, 0.6) is 0 Å². The molecule has 2 heterocycles. The van der Waals surface area contributed by atoms with E-state index in [0.717, 1.165) is 43.6 Å². The monoisotopic (exact) mass is 276 g/mol. The molecule has 2 aliphatic rings. The molecule has 1 fully saturated rings. The molecular weight excluding hydrogens is 252 g/mol. The van der Waals surface area contributed by atoms with Gasteiger partial charge in [-0.15, -0.1) is 0 Å². The smallest absolute Gasteiger partial charge is 0.274 e. The summed E-state index contributed by atoms with van der Waals surface area (Å²) in [5.74, 6) is 0.0707. The van der Waals surface area contributed by atoms with E-state index in [0.29, 0.717) is 5.69 Å². The van der Waals surface area contributed by atoms with Crippen LogP contribution in [0, 0.1) is 0 Å². The molecule has 0 aromatic carbocycles. The van der Waals surface area contributed by atoms with Crippen molar-refractivity contribution in [1.29, 1.82) is 0 Å². The summed E-state index contributed by atoms with van der Waals surface area (Å²) in [6.07, 6.45) is 7.11. The fourth-order valence-electron chi connectivity index (χ4n) is 3.25. The van der Waals surface area contributed by atoms with Crippen LogP contribution in [0.3, 0.4) is 0 Å². The van der Waals surface area contributed by atoms with E-state index < -0.39 is 0 Å². The number of fused-ring (bicyclic) bond motifs is 1. The predicted octanol–water partition coefficient (Wildman–Crippen LogP) is 1.46. The van der Waals surface area contributed by atoms with E-state index in [9.17, 15) is 4.79 Å². The summed E-state index contributed by atoms with van der Waals surface area (Å²) in [5.41, 5.74) is 2.97. The third kappa shape index (κ3) is 2.73. The second-order valence-electron chi connectivity index (χ2n) is 6.01. The maximum atomic E-state index is 12.5. The SMILES string of the molecule is CN(CCN1CCCCC1)C(=O)c1n[nH]c2c1CCC2. The minimum Gasteiger partial charge on any atom is -0.339 e. The van der Waals surface area contributed by atoms with Gasteiger partial charge in [-0.1, -0.05) is 6.42 Å². The number of likely N-dealkylation sites (N-methyl/N-ethyl adjacent to an activating group) is 1. The molecule has 1 aromatic rings. The number of rotatable bonds is 4. The van der Waals surface area contributed by atoms with Crippen LogP contribution in [0.15, 0.2) is 0 Å². The van der Waals surface area contributed by atoms with Crippen molar-refractivity contribution in [2.24, 2.45) is 0 Å². The van der Waals surface area contributed by atoms with Crippen LogP contribution in [-0.2, 0) is 12.8 Å². The molecule has 0 unspecified atom stereocenters. The van der Waals surface area contributed by atoms with Gasteiger partial charge in [0.1, 0.15) is 0 Å². The fourth-order valence-corrected chi connectivity index (χ4v) is 3.25. The zero-order chi connectivity index (χ0) is 13.9. The highest BCUT2D eigenvalue weighted by atomic mass is 16.2. The van der Waals surface area contributed by atoms with Crippen molar-refractivity contribution >= 4 is 5.91 Å². The Morgan fingerprint density at radius 2 is 2.05 bits per heavy atom. The second-order valence-corrected chi connectivity index (χ2v) is 6.01. The fraction of sp³-hybridized carbons (Fsp3) is 0.733. The van der Waals surface area contributed by atoms with E-state index in [1.165, 1.54) is 32.4 Å². The molecule has 1 saturated heterocycles. The van der Waals surface area contributed by atoms with Crippen LogP contribution in [-0.4, -0.2) is 59.1 Å². The Morgan fingerprint density at radius 3 is 2.85 bits per heavy atom. The number of hydrogen-bond donors (Lipinski definition) is 1. The zero-order valence-electron chi connectivity index (χ0n) is 12.3. The van der Waals surface area contributed by atoms with Crippen LogP contribution in [0.1, 0.15) is 47.4 Å². The van der Waals surface area contributed by atoms with Gasteiger partial charge in [-0.05, 0) is 45.2 Å². The number of H-pyrrole nitrogens is 1. The Hall–Kier alpha value is -1.36. The summed E-state index contributed by atoms with van der Waals surface area (Å²) in [4.78, 5) is 16.7. The topological polar surface area (TPSA) is 52.2 Å². The van der Waals surface area contributed by atoms with Crippen molar-refractivity contribution < 1.29 is 4.79 Å². The third-order valence-electron chi connectivity index (χ3n) is 4.56. The lowest BCUT2D eigenvalue weighted by atomic mass is 10.1. The molecule has 5 heteroatoms. The standard InChI is InChI=1S/C15H24N4O/c1-18(10-11-19-8-3-2-4-9-19)15(20)14-12-6-5-7-13(12)16-17-14/h2-11H2,1H3,(H,16,17). The first kappa shape index (κ1) is 13.6. The number of nitrogens with one attached hydrogen (secondary N) is 1. The number of piperidine rings is 1. The average Bonchev–Trinajstić information content (AvgIpc) is 3.08. The maximum absolute atomic E-state index is 12.5. The Labute approximate surface area is 120 Å². The van der Waals surface area contributed by atoms with Gasteiger partial charge in [0.05, 0.1) is 0 Å². The van der Waals surface area contributed by atoms with E-state index in [1.807, 2.05) is 11.9 Å². The maximum Gasteiger partial charge on any atom is 0.274 e. The quantitative estimate of drug-likeness (QED) is 0.905. The highest BCUT2D eigenvalue weighted by Gasteiger charge is 2.25. The number of hydrogen-bond acceptors (Lipinski definition) is 3. The molecule has 0 radical (unpaired) electrons. The summed E-state index contributed by atoms with van der Waals surface area (Å²) in [6, 6.07) is 0. The Bertz CT molecular complexity index is 476. The summed E-state index contributed by atoms with van der Waals surface area (Å²) in [6.45, 7) is 4.13. The average molecular weight is 276 g/mol. The normalized spacial score (nSPS) is 19.1. The molecule has 1 N–H and O–H groups in total. The van der Waals surface area contributed by atoms with Crippen LogP contribution >= 0.6 is 0 Å². The molecule has 1 aromatic heterocycles. The first-order valence-electron chi connectivity index (χ1n) is 7.79. The van der Waals surface area contributed by atoms with Gasteiger partial charge in [0.2, 0.25) is 0 Å². The van der Waals surface area contributed by atoms with E-state index in [1.54, 1.807) is 0 Å². The van der Waals surface area contributed by atoms with Crippen molar-refractivity contribution in [3.8, 4) is 0 Å². The Kier molecular flexibility index (Phi) is 4.05. The van der Waals surface area contributed by atoms with Crippen molar-refractivity contribution in [3.05, 3.63) is 17.0 Å². The second kappa shape index (κ2) is 5.95. The van der Waals surface area contributed by atoms with Crippen molar-refractivity contribution in [3.63, 3.8) is 0 Å². The lowest BCUT2D eigenvalue weighted by Gasteiger charge is -2.28. The first-order valence-corrected chi connectivity index (χ1v) is 7.79. The number of aromatic amines is 1. The van der Waals surface area contributed by atoms with Crippen molar-refractivity contribution in [1.82, 2.24) is 20.0 Å². The van der Waals surface area contributed by atoms with Crippen LogP contribution in [0.25, 0.3) is 0 Å². The summed E-state index contributed by atoms with van der Waals surface area (Å²) in [7, 11) is 1.89. The van der Waals surface area contributed by atoms with Gasteiger partial charge in [-0.3, -0.25) is 9.89 Å². The lowest BCUT2D eigenvalue weighted by Crippen LogP contribution is -2.39. The molecule has 0 atom stereocenters. The zero-order valence-corrected chi connectivity index (χ0v) is 12.3. The summed E-state index contributed by atoms with van der Waals surface area (Å²) in [5, 5.41) is 7.24. The van der Waals surface area contributed by atoms with Gasteiger partial charge < -0.3 is 9.80 Å². The van der Waals surface area contributed by atoms with Crippen LogP contribution in [0.2, 0.25) is 0 Å². The molecule has 1 aliphatic heterocycles. The molecule has 0 bridgehead atoms. The number of aryl methyl sites for hydroxylation is 1. The van der Waals surface area contributed by atoms with Gasteiger partial charge in [-0.2, -0.15) is 5.10 Å². The molecule has 1 amide bonds. The van der Waals surface area contributed by atoms with E-state index in [4.69, 9.17) is 0 Å². The van der Waals surface area contributed by atoms with Gasteiger partial charge in [-0.25, -0.2) is 0 Å². The molecule has 110 valence electrons. The number of aromatic nitrogens is 2. The summed E-state index contributed by atoms with van der Waals surface area (Å²) >= 11 is 0. The predicted molar refractivity (Wildman–Crippen MR) is 77.9 cm³/mol. The number of likely N-dealkylation sites (tertiary alicyclic amines) is 1. The molecule has 1 aliphatic carbocycles. The third-order valence-corrected chi connectivity index (χ3v) is 4.56. The number of carbonyl (C=O) groups excluding carboxylic acids is 1. The molecule has 5 nitrogen and oxygen atoms in total. The minimum atomic E-state index is 0.0707. The number of nitrogens with zero attached hydrogens (tertiary/aromatic N) is 3. The van der Waals surface area contributed by atoms with Gasteiger partial charge in [0.15, 0.2) is 5.69 Å². The summed E-state index contributed by atoms with van der Waals surface area (Å²) < 4.78 is 0. The van der Waals surface area contributed by atoms with E-state index >= 15 is 0 Å². The number of carbonyl (C=O) groups is 1. The Balaban J connectivity index is 1.56. The highest BCUT2D eigenvalue weighted by molar-refractivity contribution is 5.94. The largest absolute Gasteiger partial charge is 0.339 e. The number of amides is 1. The lowest BCUT2D eigenvalue weighted by molar-refractivity contribution is 0.0766. The molecule has 3 rings (SSSR count). The first-order chi connectivity index (χ1) is 9.75. The van der Waals surface area contributed by atoms with Gasteiger partial charge in [0.25, 0.3) is 5.91 Å². The van der Waals surface area contributed by atoms with E-state index in [-0.39, 0.29) is 5.91 Å². The molecule has 0 saturated carbocycles. The van der Waals surface area contributed by atoms with Gasteiger partial charge >= 0.3 is 0 Å².